The molecule has 1 saturated heterocycles. The Labute approximate surface area is 135 Å². The Hall–Kier alpha value is -1.92. The first kappa shape index (κ1) is 17.4. The van der Waals surface area contributed by atoms with E-state index in [1.165, 1.54) is 14.0 Å². The molecule has 0 aromatic heterocycles. The molecular formula is C17H22O6. The molecule has 1 aliphatic heterocycles. The maximum atomic E-state index is 12.1. The summed E-state index contributed by atoms with van der Waals surface area (Å²) < 4.78 is 21.3. The van der Waals surface area contributed by atoms with Gasteiger partial charge in [-0.15, -0.1) is 0 Å². The van der Waals surface area contributed by atoms with Gasteiger partial charge in [0.05, 0.1) is 25.7 Å². The molecule has 6 heteroatoms. The second-order valence-corrected chi connectivity index (χ2v) is 5.78. The summed E-state index contributed by atoms with van der Waals surface area (Å²) in [5.74, 6) is -0.853. The normalized spacial score (nSPS) is 26.7. The predicted octanol–water partition coefficient (Wildman–Crippen LogP) is 2.06. The Morgan fingerprint density at radius 2 is 2.00 bits per heavy atom. The minimum absolute atomic E-state index is 0.207. The van der Waals surface area contributed by atoms with E-state index in [1.54, 1.807) is 6.92 Å². The quantitative estimate of drug-likeness (QED) is 0.747. The maximum Gasteiger partial charge on any atom is 0.314 e. The van der Waals surface area contributed by atoms with E-state index >= 15 is 0 Å². The van der Waals surface area contributed by atoms with Gasteiger partial charge in [0.2, 0.25) is 6.29 Å². The zero-order chi connectivity index (χ0) is 16.9. The third-order valence-electron chi connectivity index (χ3n) is 3.95. The molecular weight excluding hydrogens is 300 g/mol. The lowest BCUT2D eigenvalue weighted by molar-refractivity contribution is -0.178. The first-order chi connectivity index (χ1) is 11.0. The molecule has 0 N–H and O–H groups in total. The van der Waals surface area contributed by atoms with Crippen LogP contribution in [0.3, 0.4) is 0 Å². The molecule has 3 atom stereocenters. The molecule has 1 fully saturated rings. The van der Waals surface area contributed by atoms with Crippen LogP contribution < -0.4 is 0 Å². The maximum absolute atomic E-state index is 12.1. The van der Waals surface area contributed by atoms with Crippen LogP contribution in [0.5, 0.6) is 0 Å². The summed E-state index contributed by atoms with van der Waals surface area (Å²) in [4.78, 5) is 23.2. The lowest BCUT2D eigenvalue weighted by Crippen LogP contribution is -2.39. The van der Waals surface area contributed by atoms with Crippen LogP contribution in [0.4, 0.5) is 0 Å². The molecule has 6 nitrogen and oxygen atoms in total. The molecule has 0 radical (unpaired) electrons. The number of methoxy groups -OCH3 is 1. The molecule has 126 valence electrons. The third kappa shape index (κ3) is 4.30. The molecule has 0 amide bonds. The van der Waals surface area contributed by atoms with Crippen molar-refractivity contribution >= 4 is 11.9 Å². The SMILES string of the molecule is COC(=O)C1(C)CC(OC(C)=O)OC1COCc1ccccc1. The van der Waals surface area contributed by atoms with Crippen molar-refractivity contribution in [3.05, 3.63) is 35.9 Å². The minimum Gasteiger partial charge on any atom is -0.469 e. The minimum atomic E-state index is -0.911. The first-order valence-corrected chi connectivity index (χ1v) is 7.48. The highest BCUT2D eigenvalue weighted by atomic mass is 16.7. The molecule has 1 aliphatic rings. The standard InChI is InChI=1S/C17H22O6/c1-12(18)22-15-9-17(2,16(19)20-3)14(23-15)11-21-10-13-7-5-4-6-8-13/h4-8,14-15H,9-11H2,1-3H3. The number of hydrogen-bond acceptors (Lipinski definition) is 6. The summed E-state index contributed by atoms with van der Waals surface area (Å²) in [7, 11) is 1.33. The molecule has 3 unspecified atom stereocenters. The molecule has 1 aromatic rings. The van der Waals surface area contributed by atoms with E-state index in [0.717, 1.165) is 5.56 Å². The lowest BCUT2D eigenvalue weighted by Gasteiger charge is -2.26. The second kappa shape index (κ2) is 7.57. The van der Waals surface area contributed by atoms with Crippen molar-refractivity contribution < 1.29 is 28.5 Å². The highest BCUT2D eigenvalue weighted by molar-refractivity contribution is 5.77. The number of esters is 2. The zero-order valence-corrected chi connectivity index (χ0v) is 13.6. The van der Waals surface area contributed by atoms with Gasteiger partial charge in [0.15, 0.2) is 0 Å². The van der Waals surface area contributed by atoms with Gasteiger partial charge in [-0.3, -0.25) is 9.59 Å². The lowest BCUT2D eigenvalue weighted by atomic mass is 9.83. The highest BCUT2D eigenvalue weighted by Gasteiger charge is 2.52. The van der Waals surface area contributed by atoms with Crippen LogP contribution in [0.1, 0.15) is 25.8 Å². The molecule has 0 saturated carbocycles. The molecule has 23 heavy (non-hydrogen) atoms. The number of hydrogen-bond donors (Lipinski definition) is 0. The molecule has 2 rings (SSSR count). The van der Waals surface area contributed by atoms with Crippen LogP contribution in [0.15, 0.2) is 30.3 Å². The molecule has 0 bridgehead atoms. The molecule has 0 spiro atoms. The second-order valence-electron chi connectivity index (χ2n) is 5.78. The van der Waals surface area contributed by atoms with Crippen LogP contribution >= 0.6 is 0 Å². The van der Waals surface area contributed by atoms with Crippen LogP contribution in [-0.4, -0.2) is 38.0 Å². The van der Waals surface area contributed by atoms with E-state index in [9.17, 15) is 9.59 Å². The highest BCUT2D eigenvalue weighted by Crippen LogP contribution is 2.40. The monoisotopic (exact) mass is 322 g/mol. The van der Waals surface area contributed by atoms with Crippen LogP contribution in [0.2, 0.25) is 0 Å². The summed E-state index contributed by atoms with van der Waals surface area (Å²) >= 11 is 0. The van der Waals surface area contributed by atoms with Crippen molar-refractivity contribution in [3.63, 3.8) is 0 Å². The van der Waals surface area contributed by atoms with Gasteiger partial charge in [0.1, 0.15) is 6.10 Å². The number of carbonyl (C=O) groups excluding carboxylic acids is 2. The van der Waals surface area contributed by atoms with Crippen LogP contribution in [0.25, 0.3) is 0 Å². The van der Waals surface area contributed by atoms with Crippen molar-refractivity contribution in [1.29, 1.82) is 0 Å². The number of carbonyl (C=O) groups is 2. The molecule has 0 aliphatic carbocycles. The Bertz CT molecular complexity index is 543. The number of rotatable bonds is 6. The van der Waals surface area contributed by atoms with E-state index in [-0.39, 0.29) is 13.0 Å². The van der Waals surface area contributed by atoms with E-state index < -0.39 is 29.7 Å². The van der Waals surface area contributed by atoms with E-state index in [4.69, 9.17) is 18.9 Å². The summed E-state index contributed by atoms with van der Waals surface area (Å²) in [6.07, 6.45) is -1.05. The predicted molar refractivity (Wildman–Crippen MR) is 81.3 cm³/mol. The fraction of sp³-hybridized carbons (Fsp3) is 0.529. The van der Waals surface area contributed by atoms with Gasteiger partial charge in [0.25, 0.3) is 0 Å². The van der Waals surface area contributed by atoms with Gasteiger partial charge in [-0.05, 0) is 12.5 Å². The Morgan fingerprint density at radius 1 is 1.30 bits per heavy atom. The largest absolute Gasteiger partial charge is 0.469 e. The van der Waals surface area contributed by atoms with Gasteiger partial charge in [-0.25, -0.2) is 0 Å². The van der Waals surface area contributed by atoms with Crippen LogP contribution in [-0.2, 0) is 35.1 Å². The first-order valence-electron chi connectivity index (χ1n) is 7.48. The number of benzene rings is 1. The van der Waals surface area contributed by atoms with Crippen LogP contribution in [0, 0.1) is 5.41 Å². The average molecular weight is 322 g/mol. The molecule has 1 aromatic carbocycles. The Morgan fingerprint density at radius 3 is 2.61 bits per heavy atom. The summed E-state index contributed by atoms with van der Waals surface area (Å²) in [5, 5.41) is 0. The van der Waals surface area contributed by atoms with E-state index in [0.29, 0.717) is 6.61 Å². The Kier molecular flexibility index (Phi) is 5.74. The smallest absolute Gasteiger partial charge is 0.314 e. The van der Waals surface area contributed by atoms with Crippen molar-refractivity contribution in [2.75, 3.05) is 13.7 Å². The van der Waals surface area contributed by atoms with Gasteiger partial charge in [0, 0.05) is 13.3 Å². The average Bonchev–Trinajstić information content (AvgIpc) is 2.84. The summed E-state index contributed by atoms with van der Waals surface area (Å²) in [5.41, 5.74) is 0.118. The van der Waals surface area contributed by atoms with Crippen molar-refractivity contribution in [2.24, 2.45) is 5.41 Å². The fourth-order valence-electron chi connectivity index (χ4n) is 2.64. The van der Waals surface area contributed by atoms with Gasteiger partial charge in [-0.2, -0.15) is 0 Å². The van der Waals surface area contributed by atoms with Crippen molar-refractivity contribution in [3.8, 4) is 0 Å². The van der Waals surface area contributed by atoms with Gasteiger partial charge >= 0.3 is 11.9 Å². The zero-order valence-electron chi connectivity index (χ0n) is 13.6. The fourth-order valence-corrected chi connectivity index (χ4v) is 2.64. The van der Waals surface area contributed by atoms with Crippen molar-refractivity contribution in [1.82, 2.24) is 0 Å². The molecule has 1 heterocycles. The van der Waals surface area contributed by atoms with E-state index in [2.05, 4.69) is 0 Å². The Balaban J connectivity index is 1.98. The van der Waals surface area contributed by atoms with Gasteiger partial charge in [-0.1, -0.05) is 30.3 Å². The van der Waals surface area contributed by atoms with Gasteiger partial charge < -0.3 is 18.9 Å². The number of ether oxygens (including phenoxy) is 4. The third-order valence-corrected chi connectivity index (χ3v) is 3.95. The summed E-state index contributed by atoms with van der Waals surface area (Å²) in [6.45, 7) is 3.66. The topological polar surface area (TPSA) is 71.1 Å². The summed E-state index contributed by atoms with van der Waals surface area (Å²) in [6, 6.07) is 9.70. The van der Waals surface area contributed by atoms with Crippen molar-refractivity contribution in [2.45, 2.75) is 39.3 Å². The van der Waals surface area contributed by atoms with E-state index in [1.807, 2.05) is 30.3 Å².